The molecule has 6 nitrogen and oxygen atoms in total. The number of rotatable bonds is 1. The number of hydrogen-bond donors (Lipinski definition) is 3. The Hall–Kier alpha value is -1.69. The van der Waals surface area contributed by atoms with Gasteiger partial charge in [-0.3, -0.25) is 0 Å². The largest absolute Gasteiger partial charge is 0.393 e. The Morgan fingerprint density at radius 1 is 1.38 bits per heavy atom. The lowest BCUT2D eigenvalue weighted by Crippen LogP contribution is -2.06. The summed E-state index contributed by atoms with van der Waals surface area (Å²) >= 11 is 0. The van der Waals surface area contributed by atoms with Crippen LogP contribution >= 0.6 is 0 Å². The van der Waals surface area contributed by atoms with Crippen molar-refractivity contribution < 1.29 is 5.11 Å². The number of anilines is 1. The molecule has 1 saturated carbocycles. The van der Waals surface area contributed by atoms with E-state index >= 15 is 0 Å². The second kappa shape index (κ2) is 3.41. The summed E-state index contributed by atoms with van der Waals surface area (Å²) in [6, 6.07) is 0. The molecule has 0 radical (unpaired) electrons. The Balaban J connectivity index is 2.04. The predicted octanol–water partition coefficient (Wildman–Crippen LogP) is 0.564. The molecular weight excluding hydrogens is 206 g/mol. The maximum Gasteiger partial charge on any atom is 0.183 e. The highest BCUT2D eigenvalue weighted by atomic mass is 16.3. The molecule has 1 fully saturated rings. The van der Waals surface area contributed by atoms with Crippen molar-refractivity contribution in [2.45, 2.75) is 31.3 Å². The van der Waals surface area contributed by atoms with E-state index in [9.17, 15) is 5.11 Å². The number of aromatic nitrogens is 4. The van der Waals surface area contributed by atoms with Crippen LogP contribution < -0.4 is 5.73 Å². The molecule has 4 N–H and O–H groups in total. The van der Waals surface area contributed by atoms with Gasteiger partial charge in [-0.2, -0.15) is 0 Å². The SMILES string of the molecule is Nc1nc([C@H]2CC[C@@H](O)C2)nc2nc[nH]c12. The first-order valence-electron chi connectivity index (χ1n) is 5.38. The summed E-state index contributed by atoms with van der Waals surface area (Å²) in [6.07, 6.45) is 3.77. The molecular formula is C10H13N5O. The van der Waals surface area contributed by atoms with Gasteiger partial charge in [0.15, 0.2) is 11.5 Å². The summed E-state index contributed by atoms with van der Waals surface area (Å²) in [5.74, 6) is 1.34. The molecule has 0 aliphatic heterocycles. The highest BCUT2D eigenvalue weighted by molar-refractivity contribution is 5.80. The molecule has 3 rings (SSSR count). The van der Waals surface area contributed by atoms with E-state index < -0.39 is 0 Å². The summed E-state index contributed by atoms with van der Waals surface area (Å²) in [5, 5.41) is 9.49. The van der Waals surface area contributed by atoms with Crippen molar-refractivity contribution in [3.8, 4) is 0 Å². The Kier molecular flexibility index (Phi) is 2.03. The number of fused-ring (bicyclic) bond motifs is 1. The van der Waals surface area contributed by atoms with Gasteiger partial charge >= 0.3 is 0 Å². The van der Waals surface area contributed by atoms with Crippen LogP contribution in [0.3, 0.4) is 0 Å². The van der Waals surface area contributed by atoms with Crippen LogP contribution in [-0.4, -0.2) is 31.1 Å². The van der Waals surface area contributed by atoms with Crippen LogP contribution in [0.2, 0.25) is 0 Å². The van der Waals surface area contributed by atoms with Crippen LogP contribution in [0.5, 0.6) is 0 Å². The maximum atomic E-state index is 9.49. The van der Waals surface area contributed by atoms with E-state index in [-0.39, 0.29) is 12.0 Å². The quantitative estimate of drug-likeness (QED) is 0.650. The number of aliphatic hydroxyl groups excluding tert-OH is 1. The molecule has 16 heavy (non-hydrogen) atoms. The predicted molar refractivity (Wildman–Crippen MR) is 58.7 cm³/mol. The summed E-state index contributed by atoms with van der Waals surface area (Å²) in [7, 11) is 0. The molecule has 0 unspecified atom stereocenters. The van der Waals surface area contributed by atoms with Crippen LogP contribution in [0.4, 0.5) is 5.82 Å². The number of H-pyrrole nitrogens is 1. The molecule has 1 aliphatic rings. The molecule has 0 bridgehead atoms. The number of nitrogens with two attached hydrogens (primary N) is 1. The molecule has 84 valence electrons. The Labute approximate surface area is 91.9 Å². The minimum atomic E-state index is -0.232. The average molecular weight is 219 g/mol. The van der Waals surface area contributed by atoms with Gasteiger partial charge in [-0.1, -0.05) is 0 Å². The third-order valence-electron chi connectivity index (χ3n) is 3.10. The number of imidazole rings is 1. The monoisotopic (exact) mass is 219 g/mol. The van der Waals surface area contributed by atoms with Crippen molar-refractivity contribution in [1.29, 1.82) is 0 Å². The lowest BCUT2D eigenvalue weighted by atomic mass is 10.1. The van der Waals surface area contributed by atoms with Crippen LogP contribution in [0.1, 0.15) is 31.0 Å². The van der Waals surface area contributed by atoms with E-state index in [0.717, 1.165) is 19.3 Å². The number of nitrogens with zero attached hydrogens (tertiary/aromatic N) is 3. The molecule has 2 heterocycles. The fraction of sp³-hybridized carbons (Fsp3) is 0.500. The summed E-state index contributed by atoms with van der Waals surface area (Å²) in [6.45, 7) is 0. The first kappa shape index (κ1) is 9.53. The van der Waals surface area contributed by atoms with Gasteiger partial charge in [0, 0.05) is 5.92 Å². The first-order valence-corrected chi connectivity index (χ1v) is 5.38. The summed E-state index contributed by atoms with van der Waals surface area (Å²) < 4.78 is 0. The van der Waals surface area contributed by atoms with Gasteiger partial charge < -0.3 is 15.8 Å². The lowest BCUT2D eigenvalue weighted by molar-refractivity contribution is 0.181. The summed E-state index contributed by atoms with van der Waals surface area (Å²) in [4.78, 5) is 15.6. The second-order valence-electron chi connectivity index (χ2n) is 4.23. The van der Waals surface area contributed by atoms with Gasteiger partial charge in [-0.15, -0.1) is 0 Å². The fourth-order valence-corrected chi connectivity index (χ4v) is 2.25. The second-order valence-corrected chi connectivity index (χ2v) is 4.23. The lowest BCUT2D eigenvalue weighted by Gasteiger charge is -2.08. The molecule has 2 atom stereocenters. The Bertz CT molecular complexity index is 523. The molecule has 0 spiro atoms. The molecule has 2 aromatic heterocycles. The van der Waals surface area contributed by atoms with Crippen molar-refractivity contribution in [3.05, 3.63) is 12.2 Å². The highest BCUT2D eigenvalue weighted by Crippen LogP contribution is 2.33. The Morgan fingerprint density at radius 2 is 2.25 bits per heavy atom. The number of aliphatic hydroxyl groups is 1. The zero-order valence-electron chi connectivity index (χ0n) is 8.72. The van der Waals surface area contributed by atoms with Gasteiger partial charge in [-0.25, -0.2) is 15.0 Å². The number of aromatic amines is 1. The van der Waals surface area contributed by atoms with Gasteiger partial charge in [0.25, 0.3) is 0 Å². The minimum Gasteiger partial charge on any atom is -0.393 e. The summed E-state index contributed by atoms with van der Waals surface area (Å²) in [5.41, 5.74) is 7.10. The molecule has 0 saturated heterocycles. The zero-order chi connectivity index (χ0) is 11.1. The van der Waals surface area contributed by atoms with E-state index in [1.165, 1.54) is 0 Å². The fourth-order valence-electron chi connectivity index (χ4n) is 2.25. The first-order chi connectivity index (χ1) is 7.74. The number of hydrogen-bond acceptors (Lipinski definition) is 5. The van der Waals surface area contributed by atoms with Crippen LogP contribution in [0.25, 0.3) is 11.2 Å². The van der Waals surface area contributed by atoms with Crippen LogP contribution in [0.15, 0.2) is 6.33 Å². The van der Waals surface area contributed by atoms with Gasteiger partial charge in [0.1, 0.15) is 11.3 Å². The van der Waals surface area contributed by atoms with E-state index in [4.69, 9.17) is 5.73 Å². The van der Waals surface area contributed by atoms with Crippen molar-refractivity contribution in [2.24, 2.45) is 0 Å². The normalized spacial score (nSPS) is 25.3. The van der Waals surface area contributed by atoms with E-state index in [1.54, 1.807) is 6.33 Å². The van der Waals surface area contributed by atoms with Crippen molar-refractivity contribution in [3.63, 3.8) is 0 Å². The van der Waals surface area contributed by atoms with Gasteiger partial charge in [0.05, 0.1) is 12.4 Å². The van der Waals surface area contributed by atoms with Crippen LogP contribution in [0, 0.1) is 0 Å². The van der Waals surface area contributed by atoms with Gasteiger partial charge in [-0.05, 0) is 19.3 Å². The zero-order valence-corrected chi connectivity index (χ0v) is 8.72. The van der Waals surface area contributed by atoms with E-state index in [2.05, 4.69) is 19.9 Å². The third-order valence-corrected chi connectivity index (χ3v) is 3.10. The number of nitrogen functional groups attached to an aromatic ring is 1. The van der Waals surface area contributed by atoms with E-state index in [1.807, 2.05) is 0 Å². The van der Waals surface area contributed by atoms with Gasteiger partial charge in [0.2, 0.25) is 0 Å². The molecule has 1 aliphatic carbocycles. The maximum absolute atomic E-state index is 9.49. The Morgan fingerprint density at radius 3 is 3.00 bits per heavy atom. The van der Waals surface area contributed by atoms with Crippen LogP contribution in [-0.2, 0) is 0 Å². The third kappa shape index (κ3) is 1.42. The van der Waals surface area contributed by atoms with Crippen molar-refractivity contribution in [2.75, 3.05) is 5.73 Å². The van der Waals surface area contributed by atoms with E-state index in [0.29, 0.717) is 22.8 Å². The minimum absolute atomic E-state index is 0.207. The topological polar surface area (TPSA) is 101 Å². The molecule has 0 amide bonds. The molecule has 0 aromatic carbocycles. The smallest absolute Gasteiger partial charge is 0.183 e. The number of nitrogens with one attached hydrogen (secondary N) is 1. The highest BCUT2D eigenvalue weighted by Gasteiger charge is 2.27. The average Bonchev–Trinajstić information content (AvgIpc) is 2.85. The van der Waals surface area contributed by atoms with Crippen molar-refractivity contribution >= 4 is 17.0 Å². The van der Waals surface area contributed by atoms with Crippen molar-refractivity contribution in [1.82, 2.24) is 19.9 Å². The molecule has 6 heteroatoms. The molecule has 2 aromatic rings. The standard InChI is InChI=1S/C10H13N5O/c11-8-7-10(13-4-12-7)15-9(14-8)5-1-2-6(16)3-5/h4-6,16H,1-3H2,(H3,11,12,13,14,15)/t5-,6+/m0/s1.